The predicted octanol–water partition coefficient (Wildman–Crippen LogP) is 2.84. The van der Waals surface area contributed by atoms with Crippen LogP contribution in [0.5, 0.6) is 5.75 Å². The molecule has 1 aliphatic rings. The molecule has 5 nitrogen and oxygen atoms in total. The molecule has 0 atom stereocenters. The molecule has 0 saturated heterocycles. The first-order chi connectivity index (χ1) is 10.3. The molecule has 1 amide bonds. The summed E-state index contributed by atoms with van der Waals surface area (Å²) in [6.45, 7) is -0.339. The molecular formula is C15H20ClNO4S. The van der Waals surface area contributed by atoms with E-state index in [2.05, 4.69) is 0 Å². The number of hydrogen-bond acceptors (Lipinski definition) is 4. The number of halogens is 1. The fourth-order valence-electron chi connectivity index (χ4n) is 2.76. The van der Waals surface area contributed by atoms with Crippen molar-refractivity contribution in [1.29, 1.82) is 0 Å². The number of sulfonamides is 1. The van der Waals surface area contributed by atoms with E-state index in [4.69, 9.17) is 16.3 Å². The van der Waals surface area contributed by atoms with Gasteiger partial charge in [-0.3, -0.25) is 9.52 Å². The molecule has 1 aromatic rings. The van der Waals surface area contributed by atoms with Crippen LogP contribution in [0.4, 0.5) is 0 Å². The molecule has 0 heterocycles. The van der Waals surface area contributed by atoms with Gasteiger partial charge in [-0.25, -0.2) is 8.42 Å². The molecule has 0 bridgehead atoms. The van der Waals surface area contributed by atoms with E-state index >= 15 is 0 Å². The third-order valence-corrected chi connectivity index (χ3v) is 4.51. The Hall–Kier alpha value is -1.27. The molecule has 0 spiro atoms. The van der Waals surface area contributed by atoms with E-state index in [1.807, 2.05) is 10.8 Å². The Kier molecular flexibility index (Phi) is 5.69. The second-order valence-electron chi connectivity index (χ2n) is 5.60. The van der Waals surface area contributed by atoms with E-state index in [0.717, 1.165) is 24.7 Å². The first-order valence-corrected chi connectivity index (χ1v) is 9.55. The minimum absolute atomic E-state index is 0.339. The Morgan fingerprint density at radius 1 is 1.32 bits per heavy atom. The molecule has 1 aromatic carbocycles. The maximum atomic E-state index is 11.5. The molecule has 1 saturated carbocycles. The van der Waals surface area contributed by atoms with Crippen LogP contribution in [-0.2, 0) is 14.8 Å². The summed E-state index contributed by atoms with van der Waals surface area (Å²) >= 11 is 6.07. The van der Waals surface area contributed by atoms with Crippen molar-refractivity contribution in [2.45, 2.75) is 38.0 Å². The molecule has 1 N–H and O–H groups in total. The second-order valence-corrected chi connectivity index (χ2v) is 7.79. The Morgan fingerprint density at radius 3 is 2.64 bits per heavy atom. The first-order valence-electron chi connectivity index (χ1n) is 7.28. The van der Waals surface area contributed by atoms with Crippen molar-refractivity contribution in [2.24, 2.45) is 0 Å². The maximum Gasteiger partial charge on any atom is 0.271 e. The summed E-state index contributed by atoms with van der Waals surface area (Å²) < 4.78 is 29.4. The van der Waals surface area contributed by atoms with Gasteiger partial charge in [0.05, 0.1) is 6.26 Å². The van der Waals surface area contributed by atoms with Gasteiger partial charge in [0.1, 0.15) is 5.75 Å². The van der Waals surface area contributed by atoms with E-state index in [-0.39, 0.29) is 6.61 Å². The number of hydrogen-bond donors (Lipinski definition) is 1. The topological polar surface area (TPSA) is 72.5 Å². The monoisotopic (exact) mass is 345 g/mol. The van der Waals surface area contributed by atoms with Gasteiger partial charge in [0, 0.05) is 5.02 Å². The van der Waals surface area contributed by atoms with Crippen LogP contribution in [0, 0.1) is 0 Å². The summed E-state index contributed by atoms with van der Waals surface area (Å²) in [5, 5.41) is 0.633. The lowest BCUT2D eigenvalue weighted by molar-refractivity contribution is -0.121. The minimum atomic E-state index is -3.57. The average molecular weight is 346 g/mol. The van der Waals surface area contributed by atoms with Gasteiger partial charge in [-0.1, -0.05) is 30.9 Å². The quantitative estimate of drug-likeness (QED) is 0.890. The third kappa shape index (κ3) is 5.18. The van der Waals surface area contributed by atoms with Crippen LogP contribution in [0.3, 0.4) is 0 Å². The van der Waals surface area contributed by atoms with Gasteiger partial charge < -0.3 is 4.74 Å². The first kappa shape index (κ1) is 17.1. The van der Waals surface area contributed by atoms with E-state index in [9.17, 15) is 13.2 Å². The molecule has 22 heavy (non-hydrogen) atoms. The maximum absolute atomic E-state index is 11.5. The highest BCUT2D eigenvalue weighted by Gasteiger charge is 2.20. The molecule has 1 aliphatic carbocycles. The van der Waals surface area contributed by atoms with Crippen molar-refractivity contribution in [3.63, 3.8) is 0 Å². The highest BCUT2D eigenvalue weighted by molar-refractivity contribution is 7.89. The van der Waals surface area contributed by atoms with Gasteiger partial charge in [-0.2, -0.15) is 0 Å². The van der Waals surface area contributed by atoms with E-state index in [1.165, 1.54) is 19.3 Å². The number of carbonyl (C=O) groups excluding carboxylic acids is 1. The number of nitrogens with one attached hydrogen (secondary N) is 1. The van der Waals surface area contributed by atoms with Crippen LogP contribution in [0.25, 0.3) is 0 Å². The van der Waals surface area contributed by atoms with Gasteiger partial charge in [0.15, 0.2) is 6.61 Å². The molecule has 122 valence electrons. The molecule has 7 heteroatoms. The Labute approximate surface area is 136 Å². The predicted molar refractivity (Wildman–Crippen MR) is 85.8 cm³/mol. The second kappa shape index (κ2) is 7.33. The summed E-state index contributed by atoms with van der Waals surface area (Å²) in [5.74, 6) is 0.285. The van der Waals surface area contributed by atoms with Crippen molar-refractivity contribution in [1.82, 2.24) is 4.72 Å². The van der Waals surface area contributed by atoms with E-state index < -0.39 is 15.9 Å². The number of amides is 1. The number of benzene rings is 1. The van der Waals surface area contributed by atoms with Gasteiger partial charge >= 0.3 is 0 Å². The highest BCUT2D eigenvalue weighted by atomic mass is 35.5. The summed E-state index contributed by atoms with van der Waals surface area (Å²) in [6.07, 6.45) is 6.67. The minimum Gasteiger partial charge on any atom is -0.483 e. The molecule has 2 rings (SSSR count). The van der Waals surface area contributed by atoms with Gasteiger partial charge in [-0.05, 0) is 42.5 Å². The zero-order chi connectivity index (χ0) is 16.2. The van der Waals surface area contributed by atoms with Crippen LogP contribution in [0.1, 0.15) is 43.6 Å². The molecule has 0 aromatic heterocycles. The van der Waals surface area contributed by atoms with Gasteiger partial charge in [0.2, 0.25) is 10.0 Å². The lowest BCUT2D eigenvalue weighted by Crippen LogP contribution is -2.33. The number of rotatable bonds is 5. The zero-order valence-electron chi connectivity index (χ0n) is 12.5. The summed E-state index contributed by atoms with van der Waals surface area (Å²) in [4.78, 5) is 11.5. The largest absolute Gasteiger partial charge is 0.483 e. The van der Waals surface area contributed by atoms with Crippen molar-refractivity contribution in [3.05, 3.63) is 28.8 Å². The summed E-state index contributed by atoms with van der Waals surface area (Å²) in [5.41, 5.74) is 0.999. The van der Waals surface area contributed by atoms with Crippen LogP contribution in [0.15, 0.2) is 18.2 Å². The summed E-state index contributed by atoms with van der Waals surface area (Å²) in [7, 11) is -3.57. The van der Waals surface area contributed by atoms with E-state index in [0.29, 0.717) is 16.7 Å². The fourth-order valence-corrected chi connectivity index (χ4v) is 3.42. The SMILES string of the molecule is CS(=O)(=O)NC(=O)COc1ccc(Cl)cc1C1CCCCC1. The van der Waals surface area contributed by atoms with Crippen LogP contribution in [0.2, 0.25) is 5.02 Å². The zero-order valence-corrected chi connectivity index (χ0v) is 14.0. The Balaban J connectivity index is 2.08. The lowest BCUT2D eigenvalue weighted by Gasteiger charge is -2.24. The number of ether oxygens (including phenoxy) is 1. The highest BCUT2D eigenvalue weighted by Crippen LogP contribution is 2.38. The molecule has 1 fully saturated rings. The van der Waals surface area contributed by atoms with Crippen LogP contribution in [-0.4, -0.2) is 27.2 Å². The smallest absolute Gasteiger partial charge is 0.271 e. The molecular weight excluding hydrogens is 326 g/mol. The van der Waals surface area contributed by atoms with E-state index in [1.54, 1.807) is 12.1 Å². The van der Waals surface area contributed by atoms with Gasteiger partial charge in [-0.15, -0.1) is 0 Å². The molecule has 0 radical (unpaired) electrons. The summed E-state index contributed by atoms with van der Waals surface area (Å²) in [6, 6.07) is 5.32. The standard InChI is InChI=1S/C15H20ClNO4S/c1-22(19,20)17-15(18)10-21-14-8-7-12(16)9-13(14)11-5-3-2-4-6-11/h7-9,11H,2-6,10H2,1H3,(H,17,18). The normalized spacial score (nSPS) is 16.3. The van der Waals surface area contributed by atoms with Crippen molar-refractivity contribution < 1.29 is 17.9 Å². The average Bonchev–Trinajstić information content (AvgIpc) is 2.45. The van der Waals surface area contributed by atoms with Crippen molar-refractivity contribution in [3.8, 4) is 5.75 Å². The Morgan fingerprint density at radius 2 is 2.00 bits per heavy atom. The lowest BCUT2D eigenvalue weighted by atomic mass is 9.84. The van der Waals surface area contributed by atoms with Crippen molar-refractivity contribution in [2.75, 3.05) is 12.9 Å². The van der Waals surface area contributed by atoms with Crippen molar-refractivity contribution >= 4 is 27.5 Å². The van der Waals surface area contributed by atoms with Crippen LogP contribution < -0.4 is 9.46 Å². The van der Waals surface area contributed by atoms with Crippen LogP contribution >= 0.6 is 11.6 Å². The number of carbonyl (C=O) groups is 1. The van der Waals surface area contributed by atoms with Gasteiger partial charge in [0.25, 0.3) is 5.91 Å². The third-order valence-electron chi connectivity index (χ3n) is 3.67. The molecule has 0 unspecified atom stereocenters. The molecule has 0 aliphatic heterocycles. The fraction of sp³-hybridized carbons (Fsp3) is 0.533. The Bertz CT molecular complexity index is 639.